The lowest BCUT2D eigenvalue weighted by Crippen LogP contribution is -2.18. The number of rotatable bonds is 6. The van der Waals surface area contributed by atoms with Gasteiger partial charge in [-0.15, -0.1) is 0 Å². The second-order valence-electron chi connectivity index (χ2n) is 4.93. The van der Waals surface area contributed by atoms with E-state index in [0.717, 1.165) is 0 Å². The Morgan fingerprint density at radius 2 is 1.64 bits per heavy atom. The van der Waals surface area contributed by atoms with Crippen LogP contribution in [0.5, 0.6) is 0 Å². The van der Waals surface area contributed by atoms with Gasteiger partial charge in [0.15, 0.2) is 0 Å². The van der Waals surface area contributed by atoms with Gasteiger partial charge in [0.25, 0.3) is 5.91 Å². The van der Waals surface area contributed by atoms with Crippen molar-refractivity contribution >= 4 is 23.5 Å². The molecule has 1 amide bonds. The van der Waals surface area contributed by atoms with E-state index in [2.05, 4.69) is 10.5 Å². The van der Waals surface area contributed by atoms with Crippen LogP contribution < -0.4 is 5.32 Å². The van der Waals surface area contributed by atoms with Gasteiger partial charge in [-0.05, 0) is 45.0 Å². The molecule has 2 rings (SSSR count). The molecule has 0 bridgehead atoms. The van der Waals surface area contributed by atoms with Gasteiger partial charge in [-0.3, -0.25) is 4.79 Å². The van der Waals surface area contributed by atoms with E-state index < -0.39 is 17.8 Å². The van der Waals surface area contributed by atoms with Crippen molar-refractivity contribution in [1.29, 1.82) is 0 Å². The third-order valence-electron chi connectivity index (χ3n) is 3.21. The minimum atomic E-state index is -0.734. The highest BCUT2D eigenvalue weighted by molar-refractivity contribution is 6.10. The highest BCUT2D eigenvalue weighted by Gasteiger charge is 2.26. The maximum absolute atomic E-state index is 12.4. The molecule has 2 aromatic rings. The molecule has 1 heterocycles. The molecule has 0 aliphatic heterocycles. The van der Waals surface area contributed by atoms with Crippen LogP contribution in [0.15, 0.2) is 28.8 Å². The average Bonchev–Trinajstić information content (AvgIpc) is 2.98. The molecule has 0 saturated carbocycles. The fourth-order valence-electron chi connectivity index (χ4n) is 2.08. The minimum absolute atomic E-state index is 0.00733. The second kappa shape index (κ2) is 8.09. The fourth-order valence-corrected chi connectivity index (χ4v) is 2.08. The molecule has 0 saturated heterocycles. The number of carbonyl (C=O) groups excluding carboxylic acids is 3. The standard InChI is InChI=1S/C17H18N2O6/c1-4-23-16(21)11-6-8-12(9-7-11)18-15(20)13-10(3)25-19-14(13)17(22)24-5-2/h6-9H,4-5H2,1-3H3,(H,18,20). The number of hydrogen-bond donors (Lipinski definition) is 1. The van der Waals surface area contributed by atoms with Crippen LogP contribution in [0.2, 0.25) is 0 Å². The number of ether oxygens (including phenoxy) is 2. The van der Waals surface area contributed by atoms with Crippen molar-refractivity contribution in [2.24, 2.45) is 0 Å². The molecular weight excluding hydrogens is 328 g/mol. The maximum Gasteiger partial charge on any atom is 0.361 e. The van der Waals surface area contributed by atoms with Crippen LogP contribution in [-0.2, 0) is 9.47 Å². The van der Waals surface area contributed by atoms with E-state index in [1.165, 1.54) is 19.1 Å². The summed E-state index contributed by atoms with van der Waals surface area (Å²) < 4.78 is 14.7. The summed E-state index contributed by atoms with van der Waals surface area (Å²) >= 11 is 0. The van der Waals surface area contributed by atoms with E-state index in [4.69, 9.17) is 14.0 Å². The summed E-state index contributed by atoms with van der Waals surface area (Å²) in [5.74, 6) is -1.55. The summed E-state index contributed by atoms with van der Waals surface area (Å²) in [5.41, 5.74) is 0.634. The Bertz CT molecular complexity index is 779. The van der Waals surface area contributed by atoms with E-state index in [9.17, 15) is 14.4 Å². The highest BCUT2D eigenvalue weighted by Crippen LogP contribution is 2.18. The smallest absolute Gasteiger partial charge is 0.361 e. The molecule has 25 heavy (non-hydrogen) atoms. The van der Waals surface area contributed by atoms with Crippen LogP contribution in [0, 0.1) is 6.92 Å². The van der Waals surface area contributed by atoms with Crippen molar-refractivity contribution in [1.82, 2.24) is 5.16 Å². The van der Waals surface area contributed by atoms with Gasteiger partial charge in [-0.25, -0.2) is 9.59 Å². The van der Waals surface area contributed by atoms with Crippen molar-refractivity contribution in [3.8, 4) is 0 Å². The quantitative estimate of drug-likeness (QED) is 0.801. The monoisotopic (exact) mass is 346 g/mol. The Balaban J connectivity index is 2.16. The number of benzene rings is 1. The number of nitrogens with zero attached hydrogens (tertiary/aromatic N) is 1. The molecule has 132 valence electrons. The van der Waals surface area contributed by atoms with Crippen molar-refractivity contribution in [3.63, 3.8) is 0 Å². The number of aromatic nitrogens is 1. The summed E-state index contributed by atoms with van der Waals surface area (Å²) in [4.78, 5) is 35.9. The summed E-state index contributed by atoms with van der Waals surface area (Å²) in [6.45, 7) is 5.32. The van der Waals surface area contributed by atoms with Crippen LogP contribution >= 0.6 is 0 Å². The first-order valence-corrected chi connectivity index (χ1v) is 7.69. The highest BCUT2D eigenvalue weighted by atomic mass is 16.5. The zero-order valence-electron chi connectivity index (χ0n) is 14.1. The normalized spacial score (nSPS) is 10.2. The van der Waals surface area contributed by atoms with Crippen molar-refractivity contribution in [2.45, 2.75) is 20.8 Å². The van der Waals surface area contributed by atoms with Gasteiger partial charge in [0.1, 0.15) is 11.3 Å². The first-order chi connectivity index (χ1) is 12.0. The molecule has 1 aromatic carbocycles. The Hall–Kier alpha value is -3.16. The lowest BCUT2D eigenvalue weighted by molar-refractivity contribution is 0.0507. The summed E-state index contributed by atoms with van der Waals surface area (Å²) in [5, 5.41) is 6.21. The van der Waals surface area contributed by atoms with Crippen molar-refractivity contribution < 1.29 is 28.4 Å². The number of amides is 1. The maximum atomic E-state index is 12.4. The molecule has 0 spiro atoms. The third kappa shape index (κ3) is 4.23. The Labute approximate surface area is 144 Å². The van der Waals surface area contributed by atoms with Gasteiger partial charge in [-0.2, -0.15) is 0 Å². The fraction of sp³-hybridized carbons (Fsp3) is 0.294. The summed E-state index contributed by atoms with van der Waals surface area (Å²) in [6.07, 6.45) is 0. The number of anilines is 1. The van der Waals surface area contributed by atoms with Gasteiger partial charge >= 0.3 is 11.9 Å². The molecule has 8 heteroatoms. The van der Waals surface area contributed by atoms with E-state index in [1.54, 1.807) is 26.0 Å². The van der Waals surface area contributed by atoms with Crippen molar-refractivity contribution in [2.75, 3.05) is 18.5 Å². The minimum Gasteiger partial charge on any atom is -0.462 e. The van der Waals surface area contributed by atoms with Gasteiger partial charge in [-0.1, -0.05) is 5.16 Å². The molecule has 1 N–H and O–H groups in total. The molecule has 8 nitrogen and oxygen atoms in total. The molecular formula is C17H18N2O6. The molecule has 0 aliphatic rings. The largest absolute Gasteiger partial charge is 0.462 e. The van der Waals surface area contributed by atoms with E-state index >= 15 is 0 Å². The topological polar surface area (TPSA) is 108 Å². The summed E-state index contributed by atoms with van der Waals surface area (Å²) in [6, 6.07) is 6.16. The Kier molecular flexibility index (Phi) is 5.89. The third-order valence-corrected chi connectivity index (χ3v) is 3.21. The number of aryl methyl sites for hydroxylation is 1. The first kappa shape index (κ1) is 18.2. The summed E-state index contributed by atoms with van der Waals surface area (Å²) in [7, 11) is 0. The number of carbonyl (C=O) groups is 3. The molecule has 0 aliphatic carbocycles. The first-order valence-electron chi connectivity index (χ1n) is 7.69. The molecule has 0 atom stereocenters. The molecule has 1 aromatic heterocycles. The van der Waals surface area contributed by atoms with Crippen LogP contribution in [-0.4, -0.2) is 36.2 Å². The van der Waals surface area contributed by atoms with Crippen molar-refractivity contribution in [3.05, 3.63) is 46.8 Å². The van der Waals surface area contributed by atoms with Gasteiger partial charge in [0, 0.05) is 5.69 Å². The van der Waals surface area contributed by atoms with Crippen LogP contribution in [0.25, 0.3) is 0 Å². The average molecular weight is 346 g/mol. The van der Waals surface area contributed by atoms with Gasteiger partial charge in [0.2, 0.25) is 5.69 Å². The van der Waals surface area contributed by atoms with E-state index in [-0.39, 0.29) is 30.2 Å². The predicted octanol–water partition coefficient (Wildman–Crippen LogP) is 2.59. The number of esters is 2. The Morgan fingerprint density at radius 1 is 1.04 bits per heavy atom. The van der Waals surface area contributed by atoms with E-state index in [1.807, 2.05) is 0 Å². The molecule has 0 unspecified atom stereocenters. The SMILES string of the molecule is CCOC(=O)c1ccc(NC(=O)c2c(C(=O)OCC)noc2C)cc1. The number of nitrogens with one attached hydrogen (secondary N) is 1. The van der Waals surface area contributed by atoms with Crippen LogP contribution in [0.1, 0.15) is 50.8 Å². The van der Waals surface area contributed by atoms with E-state index in [0.29, 0.717) is 11.3 Å². The van der Waals surface area contributed by atoms with Crippen LogP contribution in [0.3, 0.4) is 0 Å². The van der Waals surface area contributed by atoms with Gasteiger partial charge < -0.3 is 19.3 Å². The number of hydrogen-bond acceptors (Lipinski definition) is 7. The lowest BCUT2D eigenvalue weighted by Gasteiger charge is -2.07. The predicted molar refractivity (Wildman–Crippen MR) is 87.5 cm³/mol. The van der Waals surface area contributed by atoms with Crippen LogP contribution in [0.4, 0.5) is 5.69 Å². The zero-order chi connectivity index (χ0) is 18.4. The molecule has 0 fully saturated rings. The molecule has 0 radical (unpaired) electrons. The zero-order valence-corrected chi connectivity index (χ0v) is 14.1. The Morgan fingerprint density at radius 3 is 2.24 bits per heavy atom. The lowest BCUT2D eigenvalue weighted by atomic mass is 10.1. The second-order valence-corrected chi connectivity index (χ2v) is 4.93. The van der Waals surface area contributed by atoms with Gasteiger partial charge in [0.05, 0.1) is 18.8 Å².